The fourth-order valence-corrected chi connectivity index (χ4v) is 4.44. The summed E-state index contributed by atoms with van der Waals surface area (Å²) >= 11 is 6.77. The summed E-state index contributed by atoms with van der Waals surface area (Å²) in [6.45, 7) is 3.92. The van der Waals surface area contributed by atoms with Gasteiger partial charge in [0.2, 0.25) is 0 Å². The molecule has 1 aliphatic rings. The summed E-state index contributed by atoms with van der Waals surface area (Å²) in [5.74, 6) is 0.0975. The quantitative estimate of drug-likeness (QED) is 0.349. The number of carbonyl (C=O) groups is 3. The van der Waals surface area contributed by atoms with Crippen LogP contribution in [-0.2, 0) is 9.59 Å². The summed E-state index contributed by atoms with van der Waals surface area (Å²) in [7, 11) is 0. The molecule has 4 rings (SSSR count). The topological polar surface area (TPSA) is 84.9 Å². The smallest absolute Gasteiger partial charge is 0.298 e. The third-order valence-electron chi connectivity index (χ3n) is 5.22. The molecule has 0 unspecified atom stereocenters. The van der Waals surface area contributed by atoms with Crippen LogP contribution in [0.3, 0.4) is 0 Å². The Morgan fingerprint density at radius 3 is 2.50 bits per heavy atom. The van der Waals surface area contributed by atoms with E-state index < -0.39 is 11.1 Å². The maximum absolute atomic E-state index is 12.9. The van der Waals surface area contributed by atoms with Gasteiger partial charge < -0.3 is 14.8 Å². The first-order valence-corrected chi connectivity index (χ1v) is 12.3. The van der Waals surface area contributed by atoms with Crippen LogP contribution in [0.15, 0.2) is 71.6 Å². The van der Waals surface area contributed by atoms with Crippen molar-refractivity contribution in [3.63, 3.8) is 0 Å². The Morgan fingerprint density at radius 2 is 1.78 bits per heavy atom. The number of para-hydroxylation sites is 1. The van der Waals surface area contributed by atoms with Crippen molar-refractivity contribution in [1.82, 2.24) is 0 Å². The van der Waals surface area contributed by atoms with E-state index in [4.69, 9.17) is 21.1 Å². The van der Waals surface area contributed by atoms with Gasteiger partial charge in [0.25, 0.3) is 17.1 Å². The maximum atomic E-state index is 12.9. The molecule has 0 radical (unpaired) electrons. The van der Waals surface area contributed by atoms with Crippen molar-refractivity contribution in [1.29, 1.82) is 0 Å². The number of rotatable bonds is 8. The average molecular weight is 523 g/mol. The number of halogens is 1. The van der Waals surface area contributed by atoms with Gasteiger partial charge in [-0.05, 0) is 85.3 Å². The van der Waals surface area contributed by atoms with Crippen molar-refractivity contribution >= 4 is 57.9 Å². The van der Waals surface area contributed by atoms with E-state index in [0.717, 1.165) is 27.9 Å². The van der Waals surface area contributed by atoms with Crippen LogP contribution < -0.4 is 19.7 Å². The van der Waals surface area contributed by atoms with E-state index >= 15 is 0 Å². The number of nitrogens with one attached hydrogen (secondary N) is 1. The fraction of sp³-hybridized carbons (Fsp3) is 0.148. The van der Waals surface area contributed by atoms with Gasteiger partial charge in [0.1, 0.15) is 0 Å². The normalized spacial score (nSPS) is 14.3. The van der Waals surface area contributed by atoms with Crippen molar-refractivity contribution in [3.8, 4) is 11.5 Å². The van der Waals surface area contributed by atoms with Gasteiger partial charge >= 0.3 is 0 Å². The van der Waals surface area contributed by atoms with E-state index in [1.165, 1.54) is 0 Å². The Morgan fingerprint density at radius 1 is 1.03 bits per heavy atom. The van der Waals surface area contributed by atoms with Crippen molar-refractivity contribution < 1.29 is 23.9 Å². The Bertz CT molecular complexity index is 1340. The molecular weight excluding hydrogens is 500 g/mol. The molecule has 7 nitrogen and oxygen atoms in total. The third-order valence-corrected chi connectivity index (χ3v) is 6.34. The Kier molecular flexibility index (Phi) is 7.97. The second-order valence-electron chi connectivity index (χ2n) is 7.78. The molecule has 0 atom stereocenters. The van der Waals surface area contributed by atoms with Gasteiger partial charge in [-0.2, -0.15) is 0 Å². The van der Waals surface area contributed by atoms with Crippen molar-refractivity contribution in [2.75, 3.05) is 23.4 Å². The van der Waals surface area contributed by atoms with Gasteiger partial charge in [-0.25, -0.2) is 4.90 Å². The molecule has 3 amide bonds. The van der Waals surface area contributed by atoms with Crippen LogP contribution in [-0.4, -0.2) is 30.3 Å². The monoisotopic (exact) mass is 522 g/mol. The van der Waals surface area contributed by atoms with E-state index in [1.54, 1.807) is 48.5 Å². The standard InChI is InChI=1S/C27H23ClN2O5S/c1-3-34-23-14-18(8-13-22(23)35-16-25(31)29-21-7-5-4-6-17(21)2)15-24-26(32)30(27(33)36-24)20-11-9-19(28)10-12-20/h4-15H,3,16H2,1-2H3,(H,29,31)/b24-15+. The first-order chi connectivity index (χ1) is 17.4. The van der Waals surface area contributed by atoms with Gasteiger partial charge in [0.15, 0.2) is 18.1 Å². The van der Waals surface area contributed by atoms with Crippen molar-refractivity contribution in [2.24, 2.45) is 0 Å². The highest BCUT2D eigenvalue weighted by atomic mass is 35.5. The fourth-order valence-electron chi connectivity index (χ4n) is 3.48. The molecule has 1 N–H and O–H groups in total. The zero-order chi connectivity index (χ0) is 25.7. The molecule has 1 saturated heterocycles. The van der Waals surface area contributed by atoms with Crippen molar-refractivity contribution in [2.45, 2.75) is 13.8 Å². The highest BCUT2D eigenvalue weighted by Gasteiger charge is 2.36. The number of imide groups is 1. The summed E-state index contributed by atoms with van der Waals surface area (Å²) in [4.78, 5) is 39.2. The van der Waals surface area contributed by atoms with Crippen molar-refractivity contribution in [3.05, 3.63) is 87.8 Å². The summed E-state index contributed by atoms with van der Waals surface area (Å²) in [6.07, 6.45) is 1.62. The third kappa shape index (κ3) is 5.90. The second-order valence-corrected chi connectivity index (χ2v) is 9.21. The number of thioether (sulfide) groups is 1. The maximum Gasteiger partial charge on any atom is 0.298 e. The lowest BCUT2D eigenvalue weighted by Crippen LogP contribution is -2.27. The predicted molar refractivity (Wildman–Crippen MR) is 143 cm³/mol. The zero-order valence-electron chi connectivity index (χ0n) is 19.6. The zero-order valence-corrected chi connectivity index (χ0v) is 21.2. The van der Waals surface area contributed by atoms with E-state index in [9.17, 15) is 14.4 Å². The molecule has 36 heavy (non-hydrogen) atoms. The van der Waals surface area contributed by atoms with Crippen LogP contribution >= 0.6 is 23.4 Å². The first kappa shape index (κ1) is 25.3. The Labute approximate surface area is 218 Å². The molecule has 0 spiro atoms. The molecule has 3 aromatic rings. The summed E-state index contributed by atoms with van der Waals surface area (Å²) in [5, 5.41) is 2.95. The number of hydrogen-bond donors (Lipinski definition) is 1. The highest BCUT2D eigenvalue weighted by molar-refractivity contribution is 8.19. The number of anilines is 2. The van der Waals surface area contributed by atoms with Crippen LogP contribution in [0.1, 0.15) is 18.1 Å². The van der Waals surface area contributed by atoms with Gasteiger partial charge in [0, 0.05) is 10.7 Å². The van der Waals surface area contributed by atoms with Gasteiger partial charge in [-0.1, -0.05) is 35.9 Å². The first-order valence-electron chi connectivity index (χ1n) is 11.1. The lowest BCUT2D eigenvalue weighted by Gasteiger charge is -2.13. The number of benzene rings is 3. The SMILES string of the molecule is CCOc1cc(/C=C2/SC(=O)N(c3ccc(Cl)cc3)C2=O)ccc1OCC(=O)Nc1ccccc1C. The molecular formula is C27H23ClN2O5S. The number of nitrogens with zero attached hydrogens (tertiary/aromatic N) is 1. The van der Waals surface area contributed by atoms with E-state index in [0.29, 0.717) is 34.4 Å². The number of amides is 3. The molecule has 0 bridgehead atoms. The number of ether oxygens (including phenoxy) is 2. The molecule has 0 saturated carbocycles. The van der Waals surface area contributed by atoms with Crippen LogP contribution in [0.2, 0.25) is 5.02 Å². The molecule has 3 aromatic carbocycles. The minimum absolute atomic E-state index is 0.201. The van der Waals surface area contributed by atoms with Crippen LogP contribution in [0.25, 0.3) is 6.08 Å². The van der Waals surface area contributed by atoms with Gasteiger partial charge in [-0.3, -0.25) is 14.4 Å². The van der Waals surface area contributed by atoms with E-state index in [2.05, 4.69) is 5.32 Å². The molecule has 0 aromatic heterocycles. The van der Waals surface area contributed by atoms with E-state index in [-0.39, 0.29) is 17.4 Å². The summed E-state index contributed by atoms with van der Waals surface area (Å²) in [6, 6.07) is 19.1. The minimum Gasteiger partial charge on any atom is -0.490 e. The average Bonchev–Trinajstić information content (AvgIpc) is 3.13. The Hall–Kier alpha value is -3.75. The lowest BCUT2D eigenvalue weighted by atomic mass is 10.1. The second kappa shape index (κ2) is 11.3. The minimum atomic E-state index is -0.418. The van der Waals surface area contributed by atoms with Gasteiger partial charge in [0.05, 0.1) is 17.2 Å². The lowest BCUT2D eigenvalue weighted by molar-refractivity contribution is -0.118. The molecule has 1 heterocycles. The summed E-state index contributed by atoms with van der Waals surface area (Å²) in [5.41, 5.74) is 2.77. The highest BCUT2D eigenvalue weighted by Crippen LogP contribution is 2.37. The number of hydrogen-bond acceptors (Lipinski definition) is 6. The molecule has 9 heteroatoms. The van der Waals surface area contributed by atoms with Gasteiger partial charge in [-0.15, -0.1) is 0 Å². The van der Waals surface area contributed by atoms with E-state index in [1.807, 2.05) is 38.1 Å². The summed E-state index contributed by atoms with van der Waals surface area (Å²) < 4.78 is 11.4. The predicted octanol–water partition coefficient (Wildman–Crippen LogP) is 6.31. The molecule has 0 aliphatic carbocycles. The molecule has 1 fully saturated rings. The number of aryl methyl sites for hydroxylation is 1. The molecule has 184 valence electrons. The van der Waals surface area contributed by atoms with Crippen LogP contribution in [0.5, 0.6) is 11.5 Å². The number of carbonyl (C=O) groups excluding carboxylic acids is 3. The largest absolute Gasteiger partial charge is 0.490 e. The van der Waals surface area contributed by atoms with Crippen LogP contribution in [0, 0.1) is 6.92 Å². The molecule has 1 aliphatic heterocycles. The Balaban J connectivity index is 1.48. The van der Waals surface area contributed by atoms with Crippen LogP contribution in [0.4, 0.5) is 16.2 Å².